The molecule has 92 valence electrons. The van der Waals surface area contributed by atoms with Crippen LogP contribution in [0.25, 0.3) is 0 Å². The van der Waals surface area contributed by atoms with Crippen LogP contribution in [0, 0.1) is 6.92 Å². The van der Waals surface area contributed by atoms with Crippen LogP contribution in [0.2, 0.25) is 0 Å². The van der Waals surface area contributed by atoms with E-state index in [4.69, 9.17) is 5.11 Å². The van der Waals surface area contributed by atoms with E-state index in [0.29, 0.717) is 16.6 Å². The summed E-state index contributed by atoms with van der Waals surface area (Å²) >= 11 is 2.31. The zero-order valence-electron chi connectivity index (χ0n) is 9.23. The Labute approximate surface area is 107 Å². The molecule has 0 aliphatic rings. The number of carboxylic acids is 1. The number of amides is 1. The predicted molar refractivity (Wildman–Crippen MR) is 67.7 cm³/mol. The van der Waals surface area contributed by atoms with Crippen molar-refractivity contribution >= 4 is 35.0 Å². The van der Waals surface area contributed by atoms with E-state index in [1.165, 1.54) is 11.8 Å². The van der Waals surface area contributed by atoms with E-state index in [9.17, 15) is 9.59 Å². The molecule has 2 N–H and O–H groups in total. The number of thioether (sulfide) groups is 1. The topological polar surface area (TPSA) is 79.3 Å². The number of nitrogens with one attached hydrogen (secondary N) is 1. The normalized spacial score (nSPS) is 9.94. The Bertz CT molecular complexity index is 443. The minimum absolute atomic E-state index is 0.125. The summed E-state index contributed by atoms with van der Waals surface area (Å²) in [6, 6.07) is 0. The van der Waals surface area contributed by atoms with Gasteiger partial charge in [-0.05, 0) is 6.92 Å². The quantitative estimate of drug-likeness (QED) is 0.606. The van der Waals surface area contributed by atoms with Gasteiger partial charge < -0.3 is 10.4 Å². The Hall–Kier alpha value is -1.34. The fourth-order valence-electron chi connectivity index (χ4n) is 0.996. The second-order valence-corrected chi connectivity index (χ2v) is 5.30. The van der Waals surface area contributed by atoms with Gasteiger partial charge in [-0.2, -0.15) is 0 Å². The molecular formula is C10H12N2O3S2. The molecule has 0 saturated heterocycles. The first kappa shape index (κ1) is 13.7. The largest absolute Gasteiger partial charge is 0.477 e. The summed E-state index contributed by atoms with van der Waals surface area (Å²) in [5, 5.41) is 11.5. The minimum Gasteiger partial charge on any atom is -0.477 e. The summed E-state index contributed by atoms with van der Waals surface area (Å²) < 4.78 is 0.591. The van der Waals surface area contributed by atoms with Crippen molar-refractivity contribution in [3.63, 3.8) is 0 Å². The van der Waals surface area contributed by atoms with Gasteiger partial charge in [0.2, 0.25) is 5.91 Å². The number of aromatic nitrogens is 1. The summed E-state index contributed by atoms with van der Waals surface area (Å²) in [4.78, 5) is 26.4. The standard InChI is InChI=1S/C10H12N2O3S2/c1-3-4-11-7(13)5-16-10-12-6(2)8(17-10)9(14)15/h3H,1,4-5H2,2H3,(H,11,13)(H,14,15). The first-order valence-corrected chi connectivity index (χ1v) is 6.56. The highest BCUT2D eigenvalue weighted by atomic mass is 32.2. The van der Waals surface area contributed by atoms with Gasteiger partial charge in [0.15, 0.2) is 4.34 Å². The molecule has 0 saturated carbocycles. The van der Waals surface area contributed by atoms with Crippen LogP contribution >= 0.6 is 23.1 Å². The van der Waals surface area contributed by atoms with Gasteiger partial charge in [-0.3, -0.25) is 4.79 Å². The van der Waals surface area contributed by atoms with Gasteiger partial charge in [0, 0.05) is 6.54 Å². The maximum absolute atomic E-state index is 11.3. The van der Waals surface area contributed by atoms with Crippen LogP contribution in [0.4, 0.5) is 0 Å². The number of carbonyl (C=O) groups excluding carboxylic acids is 1. The Balaban J connectivity index is 2.52. The highest BCUT2D eigenvalue weighted by Gasteiger charge is 2.14. The monoisotopic (exact) mass is 272 g/mol. The number of carboxylic acid groups (broad SMARTS) is 1. The molecule has 0 fully saturated rings. The van der Waals surface area contributed by atoms with Gasteiger partial charge in [0.25, 0.3) is 0 Å². The molecule has 0 aromatic carbocycles. The summed E-state index contributed by atoms with van der Waals surface area (Å²) in [5.74, 6) is -0.887. The van der Waals surface area contributed by atoms with E-state index in [-0.39, 0.29) is 16.5 Å². The summed E-state index contributed by atoms with van der Waals surface area (Å²) in [5.41, 5.74) is 0.483. The third-order valence-electron chi connectivity index (χ3n) is 1.74. The van der Waals surface area contributed by atoms with Gasteiger partial charge in [-0.15, -0.1) is 17.9 Å². The van der Waals surface area contributed by atoms with Crippen molar-refractivity contribution in [2.45, 2.75) is 11.3 Å². The summed E-state index contributed by atoms with van der Waals surface area (Å²) in [6.07, 6.45) is 1.60. The molecule has 17 heavy (non-hydrogen) atoms. The molecular weight excluding hydrogens is 260 g/mol. The predicted octanol–water partition coefficient (Wildman–Crippen LogP) is 1.54. The number of hydrogen-bond donors (Lipinski definition) is 2. The molecule has 1 heterocycles. The van der Waals surface area contributed by atoms with Gasteiger partial charge in [-0.25, -0.2) is 9.78 Å². The molecule has 1 aromatic heterocycles. The first-order chi connectivity index (χ1) is 8.04. The van der Waals surface area contributed by atoms with Crippen LogP contribution < -0.4 is 5.32 Å². The van der Waals surface area contributed by atoms with Crippen LogP contribution in [0.1, 0.15) is 15.4 Å². The molecule has 0 atom stereocenters. The second kappa shape index (κ2) is 6.41. The van der Waals surface area contributed by atoms with Gasteiger partial charge in [0.1, 0.15) is 4.88 Å². The average molecular weight is 272 g/mol. The Morgan fingerprint density at radius 2 is 2.35 bits per heavy atom. The minimum atomic E-state index is -0.983. The molecule has 1 aromatic rings. The third-order valence-corrected chi connectivity index (χ3v) is 4.03. The smallest absolute Gasteiger partial charge is 0.347 e. The number of hydrogen-bond acceptors (Lipinski definition) is 5. The van der Waals surface area contributed by atoms with Crippen LogP contribution in [0.15, 0.2) is 17.0 Å². The molecule has 1 amide bonds. The van der Waals surface area contributed by atoms with Crippen molar-refractivity contribution < 1.29 is 14.7 Å². The maximum Gasteiger partial charge on any atom is 0.347 e. The lowest BCUT2D eigenvalue weighted by Crippen LogP contribution is -2.24. The number of aromatic carboxylic acids is 1. The number of nitrogens with zero attached hydrogens (tertiary/aromatic N) is 1. The van der Waals surface area contributed by atoms with E-state index in [1.54, 1.807) is 13.0 Å². The van der Waals surface area contributed by atoms with E-state index >= 15 is 0 Å². The average Bonchev–Trinajstić information content (AvgIpc) is 2.65. The molecule has 0 aliphatic carbocycles. The third kappa shape index (κ3) is 4.20. The molecule has 0 bridgehead atoms. The van der Waals surface area contributed by atoms with E-state index in [2.05, 4.69) is 16.9 Å². The van der Waals surface area contributed by atoms with Gasteiger partial charge in [0.05, 0.1) is 11.4 Å². The molecule has 0 spiro atoms. The molecule has 0 unspecified atom stereocenters. The lowest BCUT2D eigenvalue weighted by atomic mass is 10.4. The molecule has 1 rings (SSSR count). The highest BCUT2D eigenvalue weighted by Crippen LogP contribution is 2.26. The van der Waals surface area contributed by atoms with Crippen LogP contribution in [-0.4, -0.2) is 34.3 Å². The van der Waals surface area contributed by atoms with E-state index in [0.717, 1.165) is 11.3 Å². The molecule has 0 aliphatic heterocycles. The molecule has 7 heteroatoms. The lowest BCUT2D eigenvalue weighted by molar-refractivity contribution is -0.118. The second-order valence-electron chi connectivity index (χ2n) is 3.08. The first-order valence-electron chi connectivity index (χ1n) is 4.75. The Morgan fingerprint density at radius 3 is 2.88 bits per heavy atom. The number of thiazole rings is 1. The highest BCUT2D eigenvalue weighted by molar-refractivity contribution is 8.01. The van der Waals surface area contributed by atoms with Crippen molar-refractivity contribution in [2.24, 2.45) is 0 Å². The number of aryl methyl sites for hydroxylation is 1. The Kier molecular flexibility index (Phi) is 5.17. The van der Waals surface area contributed by atoms with Crippen LogP contribution in [-0.2, 0) is 4.79 Å². The fraction of sp³-hybridized carbons (Fsp3) is 0.300. The lowest BCUT2D eigenvalue weighted by Gasteiger charge is -1.99. The van der Waals surface area contributed by atoms with Crippen molar-refractivity contribution in [1.29, 1.82) is 0 Å². The summed E-state index contributed by atoms with van der Waals surface area (Å²) in [6.45, 7) is 5.56. The fourth-order valence-corrected chi connectivity index (χ4v) is 2.85. The summed E-state index contributed by atoms with van der Waals surface area (Å²) in [7, 11) is 0. The van der Waals surface area contributed by atoms with Gasteiger partial charge in [-0.1, -0.05) is 17.8 Å². The maximum atomic E-state index is 11.3. The van der Waals surface area contributed by atoms with Crippen molar-refractivity contribution in [3.05, 3.63) is 23.2 Å². The number of rotatable bonds is 6. The number of carbonyl (C=O) groups is 2. The van der Waals surface area contributed by atoms with Crippen molar-refractivity contribution in [3.8, 4) is 0 Å². The SMILES string of the molecule is C=CCNC(=O)CSc1nc(C)c(C(=O)O)s1. The van der Waals surface area contributed by atoms with Crippen LogP contribution in [0.5, 0.6) is 0 Å². The molecule has 0 radical (unpaired) electrons. The Morgan fingerprint density at radius 1 is 1.65 bits per heavy atom. The van der Waals surface area contributed by atoms with Gasteiger partial charge >= 0.3 is 5.97 Å². The van der Waals surface area contributed by atoms with E-state index < -0.39 is 5.97 Å². The van der Waals surface area contributed by atoms with E-state index in [1.807, 2.05) is 0 Å². The van der Waals surface area contributed by atoms with Crippen LogP contribution in [0.3, 0.4) is 0 Å². The van der Waals surface area contributed by atoms with Crippen molar-refractivity contribution in [1.82, 2.24) is 10.3 Å². The van der Waals surface area contributed by atoms with Crippen molar-refractivity contribution in [2.75, 3.05) is 12.3 Å². The zero-order valence-corrected chi connectivity index (χ0v) is 10.9. The molecule has 5 nitrogen and oxygen atoms in total. The zero-order chi connectivity index (χ0) is 12.8.